The normalized spacial score (nSPS) is 26.2. The minimum Gasteiger partial charge on any atom is -0.462 e. The molecule has 3 fully saturated rings. The summed E-state index contributed by atoms with van der Waals surface area (Å²) in [7, 11) is 0. The van der Waals surface area contributed by atoms with E-state index in [2.05, 4.69) is 0 Å². The monoisotopic (exact) mass is 1290 g/mol. The van der Waals surface area contributed by atoms with Crippen LogP contribution in [0.3, 0.4) is 0 Å². The molecule has 3 saturated heterocycles. The summed E-state index contributed by atoms with van der Waals surface area (Å²) in [5.74, 6) is -0.519. The van der Waals surface area contributed by atoms with Gasteiger partial charge in [0.15, 0.2) is 18.9 Å². The fourth-order valence-corrected chi connectivity index (χ4v) is 11.8. The Morgan fingerprint density at radius 1 is 0.337 bits per heavy atom. The van der Waals surface area contributed by atoms with Gasteiger partial charge in [-0.2, -0.15) is 0 Å². The van der Waals surface area contributed by atoms with Crippen molar-refractivity contribution in [1.82, 2.24) is 0 Å². The Morgan fingerprint density at radius 2 is 0.632 bits per heavy atom. The van der Waals surface area contributed by atoms with E-state index in [-0.39, 0.29) is 59.5 Å². The van der Waals surface area contributed by atoms with Crippen molar-refractivity contribution in [1.29, 1.82) is 0 Å². The zero-order chi connectivity index (χ0) is 65.6. The topological polar surface area (TPSA) is 167 Å². The number of carbonyl (C=O) groups is 1. The molecule has 500 valence electrons. The molecule has 1 N–H and O–H groups in total. The van der Waals surface area contributed by atoms with Crippen LogP contribution < -0.4 is 0 Å². The summed E-state index contributed by atoms with van der Waals surface area (Å²) in [4.78, 5) is 14.0. The lowest BCUT2D eigenvalue weighted by molar-refractivity contribution is -0.395. The highest BCUT2D eigenvalue weighted by Gasteiger charge is 2.57. The molecule has 0 amide bonds. The summed E-state index contributed by atoms with van der Waals surface area (Å²) in [5, 5.41) is 12.7. The molecule has 0 radical (unpaired) electrons. The number of rotatable bonds is 31. The van der Waals surface area contributed by atoms with E-state index in [4.69, 9.17) is 66.3 Å². The number of ether oxygens (including phenoxy) is 14. The number of aliphatic hydroxyl groups is 1. The van der Waals surface area contributed by atoms with Crippen LogP contribution in [0.15, 0.2) is 243 Å². The summed E-state index contributed by atoms with van der Waals surface area (Å²) in [6.45, 7) is 8.10. The summed E-state index contributed by atoms with van der Waals surface area (Å²) >= 11 is 0. The van der Waals surface area contributed by atoms with Gasteiger partial charge >= 0.3 is 5.97 Å². The molecule has 0 bridgehead atoms. The lowest BCUT2D eigenvalue weighted by Crippen LogP contribution is -2.68. The van der Waals surface area contributed by atoms with Crippen molar-refractivity contribution in [3.8, 4) is 0 Å². The van der Waals surface area contributed by atoms with Crippen molar-refractivity contribution in [3.63, 3.8) is 0 Å². The maximum Gasteiger partial charge on any atom is 0.311 e. The van der Waals surface area contributed by atoms with Crippen molar-refractivity contribution < 1.29 is 76.2 Å². The van der Waals surface area contributed by atoms with Crippen LogP contribution in [0.2, 0.25) is 0 Å². The minimum absolute atomic E-state index is 0.00958. The Labute approximate surface area is 558 Å². The van der Waals surface area contributed by atoms with E-state index >= 15 is 0 Å². The van der Waals surface area contributed by atoms with Crippen LogP contribution in [0, 0.1) is 5.41 Å². The molecule has 3 aliphatic heterocycles. The third-order valence-electron chi connectivity index (χ3n) is 16.9. The summed E-state index contributed by atoms with van der Waals surface area (Å²) in [6.07, 6.45) is -16.6. The van der Waals surface area contributed by atoms with E-state index in [1.807, 2.05) is 250 Å². The Morgan fingerprint density at radius 3 is 1.01 bits per heavy atom. The van der Waals surface area contributed by atoms with Crippen LogP contribution in [0.25, 0.3) is 0 Å². The summed E-state index contributed by atoms with van der Waals surface area (Å²) < 4.78 is 98.6. The van der Waals surface area contributed by atoms with Gasteiger partial charge in [-0.05, 0) is 72.2 Å². The van der Waals surface area contributed by atoms with Gasteiger partial charge in [-0.25, -0.2) is 0 Å². The SMILES string of the molecule is C[C@@H]1O[C@@H](O[C@@H]2[C@@H](OCc3ccccc3)[C@H](O)O[C@H](COC(=O)C(C)(C)C)[C@H]2O[C@@H]2O[C@H](COCc3ccccc3)[C@@H](OCc3ccccc3)[C@H](OCc3ccccc3)[C@@H]2OCc2ccccc2)[C@@H](OCc2ccccc2)[C@H](OCc2ccccc2)[C@@H]1OCc1ccccc1. The number of benzene rings is 8. The van der Waals surface area contributed by atoms with Crippen LogP contribution in [0.1, 0.15) is 72.2 Å². The first-order valence-corrected chi connectivity index (χ1v) is 32.8. The molecule has 0 saturated carbocycles. The Kier molecular flexibility index (Phi) is 25.5. The van der Waals surface area contributed by atoms with Gasteiger partial charge in [-0.3, -0.25) is 4.79 Å². The second-order valence-corrected chi connectivity index (χ2v) is 25.2. The van der Waals surface area contributed by atoms with E-state index in [0.29, 0.717) is 0 Å². The molecule has 16 nitrogen and oxygen atoms in total. The number of esters is 1. The van der Waals surface area contributed by atoms with Crippen LogP contribution in [0.4, 0.5) is 0 Å². The molecule has 0 unspecified atom stereocenters. The van der Waals surface area contributed by atoms with E-state index in [1.165, 1.54) is 0 Å². The van der Waals surface area contributed by atoms with E-state index in [9.17, 15) is 9.90 Å². The van der Waals surface area contributed by atoms with Gasteiger partial charge in [-0.1, -0.05) is 243 Å². The van der Waals surface area contributed by atoms with Gasteiger partial charge in [0.1, 0.15) is 73.8 Å². The number of hydrogen-bond acceptors (Lipinski definition) is 16. The minimum atomic E-state index is -1.70. The maximum atomic E-state index is 14.0. The second kappa shape index (κ2) is 35.1. The predicted octanol–water partition coefficient (Wildman–Crippen LogP) is 12.8. The molecule has 95 heavy (non-hydrogen) atoms. The van der Waals surface area contributed by atoms with E-state index in [1.54, 1.807) is 20.8 Å². The average Bonchev–Trinajstić information content (AvgIpc) is 0.783. The Bertz CT molecular complexity index is 3450. The van der Waals surface area contributed by atoms with Crippen LogP contribution in [0.5, 0.6) is 0 Å². The van der Waals surface area contributed by atoms with Crippen LogP contribution in [-0.2, 0) is 124 Å². The quantitative estimate of drug-likeness (QED) is 0.0407. The lowest BCUT2D eigenvalue weighted by Gasteiger charge is -2.51. The maximum absolute atomic E-state index is 14.0. The van der Waals surface area contributed by atoms with Gasteiger partial charge < -0.3 is 71.4 Å². The molecule has 0 spiro atoms. The van der Waals surface area contributed by atoms with Crippen LogP contribution in [-0.4, -0.2) is 116 Å². The van der Waals surface area contributed by atoms with Gasteiger partial charge in [0.05, 0.1) is 71.0 Å². The molecule has 0 aromatic heterocycles. The fourth-order valence-electron chi connectivity index (χ4n) is 11.8. The van der Waals surface area contributed by atoms with Crippen molar-refractivity contribution in [2.24, 2.45) is 5.41 Å². The smallest absolute Gasteiger partial charge is 0.311 e. The molecule has 0 aliphatic carbocycles. The van der Waals surface area contributed by atoms with Crippen molar-refractivity contribution in [3.05, 3.63) is 287 Å². The molecular formula is C79H88O16. The third-order valence-corrected chi connectivity index (χ3v) is 16.9. The summed E-state index contributed by atoms with van der Waals surface area (Å²) in [6, 6.07) is 78.7. The highest BCUT2D eigenvalue weighted by Crippen LogP contribution is 2.39. The van der Waals surface area contributed by atoms with Gasteiger partial charge in [-0.15, -0.1) is 0 Å². The molecule has 3 heterocycles. The molecule has 8 aromatic rings. The lowest BCUT2D eigenvalue weighted by atomic mass is 9.94. The highest BCUT2D eigenvalue weighted by atomic mass is 16.8. The number of aliphatic hydroxyl groups excluding tert-OH is 1. The fraction of sp³-hybridized carbons (Fsp3) is 0.380. The zero-order valence-electron chi connectivity index (χ0n) is 54.4. The molecule has 15 atom stereocenters. The first-order valence-electron chi connectivity index (χ1n) is 32.8. The molecule has 11 rings (SSSR count). The van der Waals surface area contributed by atoms with Crippen molar-refractivity contribution >= 4 is 5.97 Å². The first kappa shape index (κ1) is 69.0. The third kappa shape index (κ3) is 19.9. The standard InChI is InChI=1S/C79H88O16/c1-55-66(83-46-57-31-15-6-16-32-57)69(85-48-59-35-19-8-20-36-59)73(88-51-62-41-25-11-26-42-62)76(91-55)95-71-68(65(54-90-78(81)79(2,3)4)92-75(80)72(71)87-50-61-39-23-10-24-40-61)94-77-74(89-52-63-43-27-12-28-44-63)70(86-49-60-37-21-9-22-38-60)67(84-47-58-33-17-7-18-34-58)64(93-77)53-82-45-56-29-13-5-14-30-56/h5-44,55,64-77,80H,45-54H2,1-4H3/t55-,64+,65+,66+,67+,68+,69+,70-,71-,72+,73-,74-,75+,76-,77-/m0/s1. The molecule has 3 aliphatic rings. The Balaban J connectivity index is 1.03. The van der Waals surface area contributed by atoms with Gasteiger partial charge in [0, 0.05) is 0 Å². The second-order valence-electron chi connectivity index (χ2n) is 25.2. The Hall–Kier alpha value is -7.33. The highest BCUT2D eigenvalue weighted by molar-refractivity contribution is 5.75. The predicted molar refractivity (Wildman–Crippen MR) is 355 cm³/mol. The van der Waals surface area contributed by atoms with E-state index in [0.717, 1.165) is 44.5 Å². The molecule has 16 heteroatoms. The van der Waals surface area contributed by atoms with Crippen molar-refractivity contribution in [2.45, 2.75) is 173 Å². The van der Waals surface area contributed by atoms with Gasteiger partial charge in [0.25, 0.3) is 0 Å². The number of carbonyl (C=O) groups excluding carboxylic acids is 1. The first-order chi connectivity index (χ1) is 46.5. The number of hydrogen-bond donors (Lipinski definition) is 1. The van der Waals surface area contributed by atoms with Gasteiger partial charge in [0.2, 0.25) is 0 Å². The summed E-state index contributed by atoms with van der Waals surface area (Å²) in [5.41, 5.74) is 6.30. The zero-order valence-corrected chi connectivity index (χ0v) is 54.4. The largest absolute Gasteiger partial charge is 0.462 e. The van der Waals surface area contributed by atoms with Crippen molar-refractivity contribution in [2.75, 3.05) is 13.2 Å². The van der Waals surface area contributed by atoms with Crippen LogP contribution >= 0.6 is 0 Å². The molecule has 8 aromatic carbocycles. The molecular weight excluding hydrogens is 1200 g/mol. The average molecular weight is 1290 g/mol. The van der Waals surface area contributed by atoms with E-state index < -0.39 is 110 Å².